The number of carbonyl (C=O) groups is 1. The fourth-order valence-corrected chi connectivity index (χ4v) is 1.93. The van der Waals surface area contributed by atoms with Gasteiger partial charge in [-0.3, -0.25) is 0 Å². The molecule has 2 unspecified atom stereocenters. The van der Waals surface area contributed by atoms with Crippen LogP contribution in [0.1, 0.15) is 12.8 Å². The minimum atomic E-state index is -0.801. The first-order valence-electron chi connectivity index (χ1n) is 4.02. The number of rotatable bonds is 0. The van der Waals surface area contributed by atoms with E-state index in [1.165, 1.54) is 11.4 Å². The second-order valence-electron chi connectivity index (χ2n) is 3.26. The SMILES string of the molecule is O=C(O)N1CCC2CCN1C2. The molecule has 11 heavy (non-hydrogen) atoms. The molecule has 0 spiro atoms. The highest BCUT2D eigenvalue weighted by Gasteiger charge is 2.34. The van der Waals surface area contributed by atoms with Crippen LogP contribution in [0.3, 0.4) is 0 Å². The Balaban J connectivity index is 2.07. The summed E-state index contributed by atoms with van der Waals surface area (Å²) in [6.07, 6.45) is 1.41. The predicted molar refractivity (Wildman–Crippen MR) is 39.0 cm³/mol. The zero-order valence-electron chi connectivity index (χ0n) is 6.36. The predicted octanol–water partition coefficient (Wildman–Crippen LogP) is 0.607. The Labute approximate surface area is 65.4 Å². The van der Waals surface area contributed by atoms with Crippen LogP contribution in [-0.2, 0) is 0 Å². The van der Waals surface area contributed by atoms with Gasteiger partial charge in [0.1, 0.15) is 0 Å². The molecule has 4 nitrogen and oxygen atoms in total. The van der Waals surface area contributed by atoms with E-state index in [0.29, 0.717) is 6.54 Å². The van der Waals surface area contributed by atoms with E-state index in [-0.39, 0.29) is 0 Å². The van der Waals surface area contributed by atoms with Gasteiger partial charge in [0.05, 0.1) is 0 Å². The van der Waals surface area contributed by atoms with E-state index in [0.717, 1.165) is 25.4 Å². The molecule has 62 valence electrons. The first-order valence-corrected chi connectivity index (χ1v) is 4.02. The molecule has 2 atom stereocenters. The third-order valence-electron chi connectivity index (χ3n) is 2.58. The number of amides is 1. The Bertz CT molecular complexity index is 183. The Hall–Kier alpha value is -0.770. The van der Waals surface area contributed by atoms with Crippen molar-refractivity contribution >= 4 is 6.09 Å². The van der Waals surface area contributed by atoms with Crippen LogP contribution in [0.15, 0.2) is 0 Å². The highest BCUT2D eigenvalue weighted by Crippen LogP contribution is 2.26. The summed E-state index contributed by atoms with van der Waals surface area (Å²) in [5.74, 6) is 0.755. The minimum absolute atomic E-state index is 0.694. The second kappa shape index (κ2) is 2.37. The molecule has 0 saturated carbocycles. The Morgan fingerprint density at radius 3 is 2.82 bits per heavy atom. The van der Waals surface area contributed by atoms with Crippen LogP contribution >= 0.6 is 0 Å². The number of carboxylic acid groups (broad SMARTS) is 1. The topological polar surface area (TPSA) is 43.8 Å². The van der Waals surface area contributed by atoms with Crippen LogP contribution in [0, 0.1) is 5.92 Å². The number of hydrazine groups is 1. The van der Waals surface area contributed by atoms with Crippen LogP contribution < -0.4 is 0 Å². The summed E-state index contributed by atoms with van der Waals surface area (Å²) >= 11 is 0. The molecule has 2 saturated heterocycles. The summed E-state index contributed by atoms with van der Waals surface area (Å²) in [4.78, 5) is 10.6. The molecule has 0 aromatic heterocycles. The second-order valence-corrected chi connectivity index (χ2v) is 3.26. The lowest BCUT2D eigenvalue weighted by Crippen LogP contribution is -2.47. The molecule has 4 heteroatoms. The van der Waals surface area contributed by atoms with Crippen molar-refractivity contribution < 1.29 is 9.90 Å². The summed E-state index contributed by atoms with van der Waals surface area (Å²) in [5.41, 5.74) is 0. The third-order valence-corrected chi connectivity index (χ3v) is 2.58. The van der Waals surface area contributed by atoms with E-state index in [9.17, 15) is 4.79 Å². The molecule has 0 aliphatic carbocycles. The first kappa shape index (κ1) is 6.91. The van der Waals surface area contributed by atoms with E-state index < -0.39 is 6.09 Å². The molecule has 2 rings (SSSR count). The highest BCUT2D eigenvalue weighted by molar-refractivity contribution is 5.64. The van der Waals surface area contributed by atoms with Gasteiger partial charge in [0.25, 0.3) is 0 Å². The average Bonchev–Trinajstić information content (AvgIpc) is 2.32. The molecular weight excluding hydrogens is 144 g/mol. The van der Waals surface area contributed by atoms with Crippen LogP contribution in [0.25, 0.3) is 0 Å². The van der Waals surface area contributed by atoms with Crippen molar-refractivity contribution in [2.24, 2.45) is 5.92 Å². The van der Waals surface area contributed by atoms with Crippen LogP contribution in [-0.4, -0.2) is 40.9 Å². The van der Waals surface area contributed by atoms with Crippen molar-refractivity contribution in [1.82, 2.24) is 10.0 Å². The fourth-order valence-electron chi connectivity index (χ4n) is 1.93. The lowest BCUT2D eigenvalue weighted by Gasteiger charge is -2.33. The maximum absolute atomic E-state index is 10.6. The van der Waals surface area contributed by atoms with Crippen molar-refractivity contribution in [3.05, 3.63) is 0 Å². The molecule has 2 aliphatic rings. The van der Waals surface area contributed by atoms with Crippen LogP contribution in [0.2, 0.25) is 0 Å². The lowest BCUT2D eigenvalue weighted by molar-refractivity contribution is -0.0124. The van der Waals surface area contributed by atoms with Crippen molar-refractivity contribution in [3.63, 3.8) is 0 Å². The van der Waals surface area contributed by atoms with Gasteiger partial charge in [-0.2, -0.15) is 0 Å². The van der Waals surface area contributed by atoms with Gasteiger partial charge in [-0.15, -0.1) is 0 Å². The molecule has 2 aliphatic heterocycles. The van der Waals surface area contributed by atoms with E-state index >= 15 is 0 Å². The summed E-state index contributed by atoms with van der Waals surface area (Å²) in [6.45, 7) is 2.57. The Morgan fingerprint density at radius 1 is 1.36 bits per heavy atom. The van der Waals surface area contributed by atoms with Crippen molar-refractivity contribution in [2.45, 2.75) is 12.8 Å². The molecule has 0 aromatic carbocycles. The maximum Gasteiger partial charge on any atom is 0.421 e. The molecule has 2 heterocycles. The Morgan fingerprint density at radius 2 is 2.09 bits per heavy atom. The van der Waals surface area contributed by atoms with Crippen molar-refractivity contribution in [3.8, 4) is 0 Å². The normalized spacial score (nSPS) is 35.8. The zero-order chi connectivity index (χ0) is 7.84. The summed E-state index contributed by atoms with van der Waals surface area (Å²) in [6, 6.07) is 0. The van der Waals surface area contributed by atoms with Gasteiger partial charge in [0.2, 0.25) is 0 Å². The number of hydrogen-bond acceptors (Lipinski definition) is 2. The average molecular weight is 156 g/mol. The van der Waals surface area contributed by atoms with Crippen molar-refractivity contribution in [1.29, 1.82) is 0 Å². The standard InChI is InChI=1S/C7H12N2O2/c10-7(11)9-4-2-6-1-3-8(9)5-6/h6H,1-5H2,(H,10,11). The molecule has 0 aromatic rings. The van der Waals surface area contributed by atoms with E-state index in [1.807, 2.05) is 5.01 Å². The minimum Gasteiger partial charge on any atom is -0.464 e. The molecule has 0 radical (unpaired) electrons. The number of hydrogen-bond donors (Lipinski definition) is 1. The van der Waals surface area contributed by atoms with E-state index in [1.54, 1.807) is 0 Å². The van der Waals surface area contributed by atoms with Gasteiger partial charge in [-0.05, 0) is 18.8 Å². The van der Waals surface area contributed by atoms with Gasteiger partial charge in [-0.1, -0.05) is 0 Å². The van der Waals surface area contributed by atoms with Crippen LogP contribution in [0.4, 0.5) is 4.79 Å². The summed E-state index contributed by atoms with van der Waals surface area (Å²) in [5, 5.41) is 12.1. The fraction of sp³-hybridized carbons (Fsp3) is 0.857. The maximum atomic E-state index is 10.6. The van der Waals surface area contributed by atoms with Gasteiger partial charge in [-0.25, -0.2) is 14.8 Å². The van der Waals surface area contributed by atoms with E-state index in [4.69, 9.17) is 5.11 Å². The Kier molecular flexibility index (Phi) is 1.49. The van der Waals surface area contributed by atoms with E-state index in [2.05, 4.69) is 0 Å². The van der Waals surface area contributed by atoms with Crippen molar-refractivity contribution in [2.75, 3.05) is 19.6 Å². The number of fused-ring (bicyclic) bond motifs is 2. The number of nitrogens with zero attached hydrogens (tertiary/aromatic N) is 2. The highest BCUT2D eigenvalue weighted by atomic mass is 16.4. The quantitative estimate of drug-likeness (QED) is 0.558. The third kappa shape index (κ3) is 1.07. The van der Waals surface area contributed by atoms with Gasteiger partial charge in [0.15, 0.2) is 0 Å². The lowest BCUT2D eigenvalue weighted by atomic mass is 10.0. The van der Waals surface area contributed by atoms with Gasteiger partial charge >= 0.3 is 6.09 Å². The smallest absolute Gasteiger partial charge is 0.421 e. The summed E-state index contributed by atoms with van der Waals surface area (Å²) < 4.78 is 0. The summed E-state index contributed by atoms with van der Waals surface area (Å²) in [7, 11) is 0. The first-order chi connectivity index (χ1) is 5.27. The molecular formula is C7H12N2O2. The van der Waals surface area contributed by atoms with Crippen LogP contribution in [0.5, 0.6) is 0 Å². The molecule has 2 fully saturated rings. The molecule has 1 N–H and O–H groups in total. The van der Waals surface area contributed by atoms with Gasteiger partial charge < -0.3 is 5.11 Å². The molecule has 1 amide bonds. The molecule has 2 bridgehead atoms. The van der Waals surface area contributed by atoms with Gasteiger partial charge in [0, 0.05) is 19.6 Å². The monoisotopic (exact) mass is 156 g/mol. The zero-order valence-corrected chi connectivity index (χ0v) is 6.36. The largest absolute Gasteiger partial charge is 0.464 e.